The van der Waals surface area contributed by atoms with Crippen LogP contribution in [0.2, 0.25) is 0 Å². The third-order valence-electron chi connectivity index (χ3n) is 4.54. The molecule has 24 heavy (non-hydrogen) atoms. The Hall–Kier alpha value is -2.80. The maximum Gasteiger partial charge on any atom is 0.0573 e. The molecule has 0 aliphatic heterocycles. The second-order valence-electron chi connectivity index (χ2n) is 6.44. The molecule has 3 aromatic carbocycles. The first-order valence-corrected chi connectivity index (χ1v) is 8.51. The molecular formula is C23H21N. The molecule has 0 unspecified atom stereocenters. The number of para-hydroxylation sites is 1. The molecule has 0 saturated heterocycles. The Morgan fingerprint density at radius 1 is 0.625 bits per heavy atom. The summed E-state index contributed by atoms with van der Waals surface area (Å²) in [6.45, 7) is 4.52. The fraction of sp³-hybridized carbons (Fsp3) is 0.130. The molecule has 0 aliphatic carbocycles. The van der Waals surface area contributed by atoms with E-state index in [9.17, 15) is 0 Å². The average molecular weight is 311 g/mol. The van der Waals surface area contributed by atoms with E-state index in [0.717, 1.165) is 0 Å². The molecule has 0 fully saturated rings. The van der Waals surface area contributed by atoms with Gasteiger partial charge in [0.15, 0.2) is 0 Å². The van der Waals surface area contributed by atoms with Crippen LogP contribution in [0.4, 0.5) is 0 Å². The van der Waals surface area contributed by atoms with E-state index >= 15 is 0 Å². The first-order chi connectivity index (χ1) is 11.8. The van der Waals surface area contributed by atoms with Crippen molar-refractivity contribution in [3.8, 4) is 22.4 Å². The molecular weight excluding hydrogens is 290 g/mol. The van der Waals surface area contributed by atoms with Crippen LogP contribution in [0.25, 0.3) is 33.3 Å². The Labute approximate surface area is 143 Å². The van der Waals surface area contributed by atoms with Crippen molar-refractivity contribution in [2.45, 2.75) is 19.9 Å². The van der Waals surface area contributed by atoms with Crippen LogP contribution in [0.5, 0.6) is 0 Å². The fourth-order valence-corrected chi connectivity index (χ4v) is 3.58. The Kier molecular flexibility index (Phi) is 3.70. The highest BCUT2D eigenvalue weighted by Crippen LogP contribution is 2.42. The van der Waals surface area contributed by atoms with Crippen molar-refractivity contribution in [2.24, 2.45) is 0 Å². The van der Waals surface area contributed by atoms with Gasteiger partial charge in [-0.3, -0.25) is 0 Å². The number of hydrogen-bond donors (Lipinski definition) is 0. The molecule has 4 rings (SSSR count). The summed E-state index contributed by atoms with van der Waals surface area (Å²) >= 11 is 0. The predicted molar refractivity (Wildman–Crippen MR) is 103 cm³/mol. The first-order valence-electron chi connectivity index (χ1n) is 8.51. The first kappa shape index (κ1) is 14.8. The Bertz CT molecular complexity index is 963. The van der Waals surface area contributed by atoms with Crippen LogP contribution in [-0.2, 0) is 0 Å². The predicted octanol–water partition coefficient (Wildman–Crippen LogP) is 6.56. The number of aromatic nitrogens is 1. The van der Waals surface area contributed by atoms with E-state index in [2.05, 4.69) is 103 Å². The van der Waals surface area contributed by atoms with Gasteiger partial charge in [-0.05, 0) is 31.0 Å². The van der Waals surface area contributed by atoms with Gasteiger partial charge in [0.05, 0.1) is 5.69 Å². The van der Waals surface area contributed by atoms with E-state index in [1.165, 1.54) is 33.3 Å². The molecule has 0 bridgehead atoms. The summed E-state index contributed by atoms with van der Waals surface area (Å²) in [7, 11) is 0. The number of hydrogen-bond acceptors (Lipinski definition) is 0. The van der Waals surface area contributed by atoms with Crippen LogP contribution in [0, 0.1) is 0 Å². The summed E-state index contributed by atoms with van der Waals surface area (Å²) < 4.78 is 2.47. The molecule has 1 heterocycles. The van der Waals surface area contributed by atoms with Crippen LogP contribution in [0.1, 0.15) is 19.9 Å². The molecule has 4 aromatic rings. The molecule has 0 saturated carbocycles. The van der Waals surface area contributed by atoms with Gasteiger partial charge in [-0.15, -0.1) is 0 Å². The van der Waals surface area contributed by atoms with Gasteiger partial charge in [0, 0.05) is 22.5 Å². The standard InChI is InChI=1S/C23H21N/c1-17(2)24-21-16-10-9-15-20(21)22(18-11-5-3-6-12-18)23(24)19-13-7-4-8-14-19/h3-17H,1-2H3. The van der Waals surface area contributed by atoms with Crippen LogP contribution in [-0.4, -0.2) is 4.57 Å². The third kappa shape index (κ3) is 2.33. The largest absolute Gasteiger partial charge is 0.337 e. The Balaban J connectivity index is 2.17. The van der Waals surface area contributed by atoms with E-state index < -0.39 is 0 Å². The molecule has 0 aliphatic rings. The number of fused-ring (bicyclic) bond motifs is 1. The van der Waals surface area contributed by atoms with Gasteiger partial charge in [0.25, 0.3) is 0 Å². The highest BCUT2D eigenvalue weighted by atomic mass is 15.0. The molecule has 0 amide bonds. The molecule has 0 radical (unpaired) electrons. The van der Waals surface area contributed by atoms with Crippen molar-refractivity contribution >= 4 is 10.9 Å². The summed E-state index contributed by atoms with van der Waals surface area (Å²) in [6, 6.07) is 30.6. The van der Waals surface area contributed by atoms with Gasteiger partial charge in [-0.25, -0.2) is 0 Å². The zero-order valence-corrected chi connectivity index (χ0v) is 14.1. The summed E-state index contributed by atoms with van der Waals surface area (Å²) in [5.74, 6) is 0. The van der Waals surface area contributed by atoms with Crippen molar-refractivity contribution in [1.82, 2.24) is 4.57 Å². The number of benzene rings is 3. The number of nitrogens with zero attached hydrogens (tertiary/aromatic N) is 1. The van der Waals surface area contributed by atoms with Gasteiger partial charge < -0.3 is 4.57 Å². The van der Waals surface area contributed by atoms with Crippen LogP contribution in [0.3, 0.4) is 0 Å². The second-order valence-corrected chi connectivity index (χ2v) is 6.44. The monoisotopic (exact) mass is 311 g/mol. The fourth-order valence-electron chi connectivity index (χ4n) is 3.58. The Morgan fingerprint density at radius 2 is 1.17 bits per heavy atom. The maximum absolute atomic E-state index is 2.47. The minimum atomic E-state index is 0.391. The summed E-state index contributed by atoms with van der Waals surface area (Å²) in [5, 5.41) is 1.32. The zero-order chi connectivity index (χ0) is 16.5. The topological polar surface area (TPSA) is 4.93 Å². The van der Waals surface area contributed by atoms with Crippen molar-refractivity contribution < 1.29 is 0 Å². The lowest BCUT2D eigenvalue weighted by atomic mass is 9.98. The maximum atomic E-state index is 2.47. The lowest BCUT2D eigenvalue weighted by molar-refractivity contribution is 0.629. The van der Waals surface area contributed by atoms with E-state index in [1.807, 2.05) is 0 Å². The van der Waals surface area contributed by atoms with Gasteiger partial charge in [-0.2, -0.15) is 0 Å². The highest BCUT2D eigenvalue weighted by molar-refractivity contribution is 6.04. The van der Waals surface area contributed by atoms with Gasteiger partial charge in [0.2, 0.25) is 0 Å². The SMILES string of the molecule is CC(C)n1c(-c2ccccc2)c(-c2ccccc2)c2ccccc21. The zero-order valence-electron chi connectivity index (χ0n) is 14.1. The summed E-state index contributed by atoms with van der Waals surface area (Å²) in [4.78, 5) is 0. The van der Waals surface area contributed by atoms with Gasteiger partial charge in [-0.1, -0.05) is 78.9 Å². The van der Waals surface area contributed by atoms with Crippen LogP contribution < -0.4 is 0 Å². The molecule has 0 atom stereocenters. The molecule has 118 valence electrons. The normalized spacial score (nSPS) is 11.3. The minimum Gasteiger partial charge on any atom is -0.337 e. The summed E-state index contributed by atoms with van der Waals surface area (Å²) in [6.07, 6.45) is 0. The Morgan fingerprint density at radius 3 is 1.79 bits per heavy atom. The van der Waals surface area contributed by atoms with E-state index in [0.29, 0.717) is 6.04 Å². The van der Waals surface area contributed by atoms with Crippen LogP contribution in [0.15, 0.2) is 84.9 Å². The molecule has 1 nitrogen and oxygen atoms in total. The van der Waals surface area contributed by atoms with Gasteiger partial charge in [0.1, 0.15) is 0 Å². The van der Waals surface area contributed by atoms with Crippen LogP contribution >= 0.6 is 0 Å². The van der Waals surface area contributed by atoms with Crippen molar-refractivity contribution in [3.63, 3.8) is 0 Å². The average Bonchev–Trinajstić information content (AvgIpc) is 2.98. The lowest BCUT2D eigenvalue weighted by Crippen LogP contribution is -2.02. The number of rotatable bonds is 3. The molecule has 0 spiro atoms. The van der Waals surface area contributed by atoms with Crippen molar-refractivity contribution in [1.29, 1.82) is 0 Å². The van der Waals surface area contributed by atoms with Crippen molar-refractivity contribution in [3.05, 3.63) is 84.9 Å². The highest BCUT2D eigenvalue weighted by Gasteiger charge is 2.20. The van der Waals surface area contributed by atoms with E-state index in [1.54, 1.807) is 0 Å². The summed E-state index contributed by atoms with van der Waals surface area (Å²) in [5.41, 5.74) is 6.46. The van der Waals surface area contributed by atoms with E-state index in [4.69, 9.17) is 0 Å². The van der Waals surface area contributed by atoms with E-state index in [-0.39, 0.29) is 0 Å². The molecule has 0 N–H and O–H groups in total. The second kappa shape index (κ2) is 6.01. The molecule has 1 heteroatoms. The van der Waals surface area contributed by atoms with Crippen molar-refractivity contribution in [2.75, 3.05) is 0 Å². The lowest BCUT2D eigenvalue weighted by Gasteiger charge is -2.16. The van der Waals surface area contributed by atoms with Gasteiger partial charge >= 0.3 is 0 Å². The minimum absolute atomic E-state index is 0.391. The quantitative estimate of drug-likeness (QED) is 0.404. The molecule has 1 aromatic heterocycles. The smallest absolute Gasteiger partial charge is 0.0573 e. The third-order valence-corrected chi connectivity index (χ3v) is 4.54.